The van der Waals surface area contributed by atoms with Gasteiger partial charge in [-0.1, -0.05) is 0 Å². The molecule has 0 aliphatic heterocycles. The standard InChI is InChI=1S/C13H18N2O2S/c1-9-7-18-11-10(9)14-8-15(12(11)16)6-5-13(2,3)17-4/h7-8H,5-6H2,1-4H3. The number of hydrogen-bond acceptors (Lipinski definition) is 4. The fourth-order valence-corrected chi connectivity index (χ4v) is 2.66. The lowest BCUT2D eigenvalue weighted by atomic mass is 10.1. The van der Waals surface area contributed by atoms with Gasteiger partial charge in [0.15, 0.2) is 0 Å². The fourth-order valence-electron chi connectivity index (χ4n) is 1.71. The Kier molecular flexibility index (Phi) is 3.54. The van der Waals surface area contributed by atoms with Crippen molar-refractivity contribution in [2.45, 2.75) is 39.3 Å². The molecule has 0 saturated carbocycles. The van der Waals surface area contributed by atoms with Crippen molar-refractivity contribution < 1.29 is 4.74 Å². The quantitative estimate of drug-likeness (QED) is 0.854. The molecule has 0 bridgehead atoms. The third kappa shape index (κ3) is 2.47. The van der Waals surface area contributed by atoms with Gasteiger partial charge < -0.3 is 4.74 Å². The third-order valence-electron chi connectivity index (χ3n) is 3.23. The summed E-state index contributed by atoms with van der Waals surface area (Å²) in [6.45, 7) is 6.63. The fraction of sp³-hybridized carbons (Fsp3) is 0.538. The van der Waals surface area contributed by atoms with Crippen LogP contribution in [-0.2, 0) is 11.3 Å². The highest BCUT2D eigenvalue weighted by Gasteiger charge is 2.17. The Labute approximate surface area is 110 Å². The van der Waals surface area contributed by atoms with Crippen LogP contribution in [0.3, 0.4) is 0 Å². The van der Waals surface area contributed by atoms with E-state index in [0.717, 1.165) is 22.2 Å². The van der Waals surface area contributed by atoms with Gasteiger partial charge in [0.1, 0.15) is 4.70 Å². The summed E-state index contributed by atoms with van der Waals surface area (Å²) in [4.78, 5) is 16.6. The molecule has 0 spiro atoms. The van der Waals surface area contributed by atoms with E-state index < -0.39 is 0 Å². The lowest BCUT2D eigenvalue weighted by Crippen LogP contribution is -2.28. The van der Waals surface area contributed by atoms with Crippen LogP contribution in [-0.4, -0.2) is 22.3 Å². The number of nitrogens with zero attached hydrogens (tertiary/aromatic N) is 2. The lowest BCUT2D eigenvalue weighted by molar-refractivity contribution is 0.0118. The normalized spacial score (nSPS) is 12.2. The molecule has 0 aliphatic carbocycles. The number of thiophene rings is 1. The van der Waals surface area contributed by atoms with E-state index in [2.05, 4.69) is 4.98 Å². The van der Waals surface area contributed by atoms with E-state index in [1.165, 1.54) is 11.3 Å². The van der Waals surface area contributed by atoms with E-state index in [9.17, 15) is 4.79 Å². The van der Waals surface area contributed by atoms with Gasteiger partial charge in [-0.25, -0.2) is 4.98 Å². The van der Waals surface area contributed by atoms with Crippen LogP contribution < -0.4 is 5.56 Å². The van der Waals surface area contributed by atoms with Crippen molar-refractivity contribution in [3.05, 3.63) is 27.6 Å². The molecule has 0 radical (unpaired) electrons. The first-order chi connectivity index (χ1) is 8.44. The highest BCUT2D eigenvalue weighted by molar-refractivity contribution is 7.17. The first kappa shape index (κ1) is 13.2. The van der Waals surface area contributed by atoms with Crippen molar-refractivity contribution in [1.29, 1.82) is 0 Å². The number of rotatable bonds is 4. The molecule has 2 aromatic heterocycles. The molecule has 0 aliphatic rings. The third-order valence-corrected chi connectivity index (χ3v) is 4.31. The predicted octanol–water partition coefficient (Wildman–Crippen LogP) is 2.58. The van der Waals surface area contributed by atoms with Crippen molar-refractivity contribution >= 4 is 21.6 Å². The molecule has 0 N–H and O–H groups in total. The molecule has 0 saturated heterocycles. The molecular formula is C13H18N2O2S. The van der Waals surface area contributed by atoms with Crippen molar-refractivity contribution in [2.75, 3.05) is 7.11 Å². The molecular weight excluding hydrogens is 248 g/mol. The van der Waals surface area contributed by atoms with Crippen LogP contribution in [0, 0.1) is 6.92 Å². The highest BCUT2D eigenvalue weighted by atomic mass is 32.1. The summed E-state index contributed by atoms with van der Waals surface area (Å²) in [6.07, 6.45) is 2.41. The Balaban J connectivity index is 2.30. The molecule has 2 rings (SSSR count). The van der Waals surface area contributed by atoms with E-state index in [0.29, 0.717) is 6.54 Å². The summed E-state index contributed by atoms with van der Waals surface area (Å²) in [5, 5.41) is 1.97. The highest BCUT2D eigenvalue weighted by Crippen LogP contribution is 2.20. The van der Waals surface area contributed by atoms with Crippen molar-refractivity contribution in [2.24, 2.45) is 0 Å². The minimum absolute atomic E-state index is 0.0463. The zero-order valence-electron chi connectivity index (χ0n) is 11.2. The maximum absolute atomic E-state index is 12.2. The van der Waals surface area contributed by atoms with Gasteiger partial charge in [0.25, 0.3) is 5.56 Å². The van der Waals surface area contributed by atoms with Gasteiger partial charge in [0.2, 0.25) is 0 Å². The molecule has 98 valence electrons. The SMILES string of the molecule is COC(C)(C)CCn1cnc2c(C)csc2c1=O. The number of aromatic nitrogens is 2. The molecule has 0 unspecified atom stereocenters. The number of ether oxygens (including phenoxy) is 1. The number of hydrogen-bond donors (Lipinski definition) is 0. The number of aryl methyl sites for hydroxylation is 2. The molecule has 2 heterocycles. The van der Waals surface area contributed by atoms with E-state index in [1.54, 1.807) is 18.0 Å². The zero-order chi connectivity index (χ0) is 13.3. The lowest BCUT2D eigenvalue weighted by Gasteiger charge is -2.22. The monoisotopic (exact) mass is 266 g/mol. The average molecular weight is 266 g/mol. The van der Waals surface area contributed by atoms with Crippen molar-refractivity contribution in [3.63, 3.8) is 0 Å². The number of fused-ring (bicyclic) bond motifs is 1. The molecule has 0 atom stereocenters. The maximum atomic E-state index is 12.2. The first-order valence-electron chi connectivity index (χ1n) is 5.93. The van der Waals surface area contributed by atoms with Crippen molar-refractivity contribution in [3.8, 4) is 0 Å². The van der Waals surface area contributed by atoms with Crippen molar-refractivity contribution in [1.82, 2.24) is 9.55 Å². The second-order valence-electron chi connectivity index (χ2n) is 5.05. The first-order valence-corrected chi connectivity index (χ1v) is 6.81. The summed E-state index contributed by atoms with van der Waals surface area (Å²) >= 11 is 1.47. The molecule has 5 heteroatoms. The van der Waals surface area contributed by atoms with E-state index in [4.69, 9.17) is 4.74 Å². The van der Waals surface area contributed by atoms with Gasteiger partial charge in [-0.2, -0.15) is 0 Å². The Hall–Kier alpha value is -1.20. The van der Waals surface area contributed by atoms with Gasteiger partial charge in [-0.15, -0.1) is 11.3 Å². The second-order valence-corrected chi connectivity index (χ2v) is 5.93. The summed E-state index contributed by atoms with van der Waals surface area (Å²) in [7, 11) is 1.69. The van der Waals surface area contributed by atoms with Gasteiger partial charge in [0, 0.05) is 13.7 Å². The minimum Gasteiger partial charge on any atom is -0.379 e. The van der Waals surface area contributed by atoms with Crippen LogP contribution in [0.25, 0.3) is 10.2 Å². The number of methoxy groups -OCH3 is 1. The van der Waals surface area contributed by atoms with Gasteiger partial charge >= 0.3 is 0 Å². The van der Waals surface area contributed by atoms with Crippen LogP contribution in [0.5, 0.6) is 0 Å². The van der Waals surface area contributed by atoms with Gasteiger partial charge in [-0.3, -0.25) is 9.36 Å². The Morgan fingerprint density at radius 2 is 2.22 bits per heavy atom. The summed E-state index contributed by atoms with van der Waals surface area (Å²) in [5.41, 5.74) is 1.72. The average Bonchev–Trinajstić information content (AvgIpc) is 2.71. The Morgan fingerprint density at radius 3 is 2.89 bits per heavy atom. The van der Waals surface area contributed by atoms with Crippen LogP contribution in [0.4, 0.5) is 0 Å². The minimum atomic E-state index is -0.222. The molecule has 18 heavy (non-hydrogen) atoms. The molecule has 4 nitrogen and oxygen atoms in total. The largest absolute Gasteiger partial charge is 0.379 e. The molecule has 0 aromatic carbocycles. The smallest absolute Gasteiger partial charge is 0.271 e. The topological polar surface area (TPSA) is 44.1 Å². The zero-order valence-corrected chi connectivity index (χ0v) is 12.0. The maximum Gasteiger partial charge on any atom is 0.271 e. The summed E-state index contributed by atoms with van der Waals surface area (Å²) in [5.74, 6) is 0. The predicted molar refractivity (Wildman–Crippen MR) is 74.3 cm³/mol. The Bertz CT molecular complexity index is 613. The van der Waals surface area contributed by atoms with E-state index in [-0.39, 0.29) is 11.2 Å². The molecule has 0 amide bonds. The van der Waals surface area contributed by atoms with Crippen LogP contribution in [0.15, 0.2) is 16.5 Å². The summed E-state index contributed by atoms with van der Waals surface area (Å²) < 4.78 is 7.76. The second kappa shape index (κ2) is 4.82. The van der Waals surface area contributed by atoms with Crippen LogP contribution >= 0.6 is 11.3 Å². The Morgan fingerprint density at radius 1 is 1.50 bits per heavy atom. The van der Waals surface area contributed by atoms with Crippen LogP contribution in [0.2, 0.25) is 0 Å². The van der Waals surface area contributed by atoms with E-state index >= 15 is 0 Å². The molecule has 2 aromatic rings. The van der Waals surface area contributed by atoms with E-state index in [1.807, 2.05) is 26.2 Å². The summed E-state index contributed by atoms with van der Waals surface area (Å²) in [6, 6.07) is 0. The molecule has 0 fully saturated rings. The van der Waals surface area contributed by atoms with Gasteiger partial charge in [-0.05, 0) is 38.1 Å². The van der Waals surface area contributed by atoms with Gasteiger partial charge in [0.05, 0.1) is 17.4 Å². The van der Waals surface area contributed by atoms with Crippen LogP contribution in [0.1, 0.15) is 25.8 Å².